The number of rotatable bonds is 10. The van der Waals surface area contributed by atoms with Crippen LogP contribution in [-0.2, 0) is 0 Å². The van der Waals surface area contributed by atoms with Crippen molar-refractivity contribution in [1.29, 1.82) is 0 Å². The van der Waals surface area contributed by atoms with E-state index >= 15 is 0 Å². The van der Waals surface area contributed by atoms with Crippen molar-refractivity contribution in [2.75, 3.05) is 0 Å². The number of fused-ring (bicyclic) bond motifs is 1. The van der Waals surface area contributed by atoms with Crippen LogP contribution in [0.4, 0.5) is 0 Å². The number of benzene rings is 2. The van der Waals surface area contributed by atoms with Crippen LogP contribution in [0.3, 0.4) is 0 Å². The van der Waals surface area contributed by atoms with Gasteiger partial charge in [0.15, 0.2) is 0 Å². The summed E-state index contributed by atoms with van der Waals surface area (Å²) < 4.78 is 0. The van der Waals surface area contributed by atoms with Crippen molar-refractivity contribution in [3.8, 4) is 0 Å². The average molecular weight is 457 g/mol. The molecule has 176 valence electrons. The van der Waals surface area contributed by atoms with Gasteiger partial charge in [-0.1, -0.05) is 118 Å². The van der Waals surface area contributed by atoms with Crippen molar-refractivity contribution in [3.63, 3.8) is 0 Å². The van der Waals surface area contributed by atoms with Gasteiger partial charge in [-0.05, 0) is 88.6 Å². The number of allylic oxidation sites excluding steroid dienone is 15. The Morgan fingerprint density at radius 1 is 1.06 bits per heavy atom. The third-order valence-corrected chi connectivity index (χ3v) is 6.07. The molecule has 0 saturated heterocycles. The van der Waals surface area contributed by atoms with Gasteiger partial charge in [0.2, 0.25) is 0 Å². The van der Waals surface area contributed by atoms with Gasteiger partial charge in [-0.2, -0.15) is 0 Å². The normalized spacial score (nSPS) is 15.3. The first kappa shape index (κ1) is 25.8. The van der Waals surface area contributed by atoms with E-state index in [0.29, 0.717) is 0 Å². The monoisotopic (exact) mass is 456 g/mol. The topological polar surface area (TPSA) is 0 Å². The zero-order valence-electron chi connectivity index (χ0n) is 21.1. The Morgan fingerprint density at radius 2 is 1.89 bits per heavy atom. The van der Waals surface area contributed by atoms with Gasteiger partial charge in [-0.3, -0.25) is 0 Å². The van der Waals surface area contributed by atoms with Crippen LogP contribution in [0.2, 0.25) is 0 Å². The largest absolute Gasteiger partial charge is 0.125 e. The molecule has 0 N–H and O–H groups in total. The summed E-state index contributed by atoms with van der Waals surface area (Å²) in [5, 5.41) is 2.51. The van der Waals surface area contributed by atoms with Crippen LogP contribution in [0.1, 0.15) is 45.1 Å². The van der Waals surface area contributed by atoms with E-state index < -0.39 is 0 Å². The van der Waals surface area contributed by atoms with Crippen LogP contribution in [0.15, 0.2) is 150 Å². The molecule has 0 bridgehead atoms. The summed E-state index contributed by atoms with van der Waals surface area (Å²) in [6.07, 6.45) is 26.9. The maximum atomic E-state index is 4.53. The maximum absolute atomic E-state index is 4.53. The fourth-order valence-corrected chi connectivity index (χ4v) is 4.16. The van der Waals surface area contributed by atoms with Gasteiger partial charge in [-0.25, -0.2) is 0 Å². The molecule has 2 aromatic rings. The summed E-state index contributed by atoms with van der Waals surface area (Å²) in [7, 11) is 0. The minimum atomic E-state index is 0.780. The standard InChI is InChI=1S/C35H36/c1-5-8-11-18-29(17-7-3)28(4)32(22-12-9-6-2)27-35(31-20-13-10-14-21-31)34-25-24-30-19-15-16-23-33(30)26-34/h6-7,10-20,22-26H,3-5,8,21,27H2,1-2H3/b18-11-,29-17+,32-22+,35-31+. The molecule has 0 radical (unpaired) electrons. The van der Waals surface area contributed by atoms with Gasteiger partial charge in [0.1, 0.15) is 0 Å². The number of hydrogen-bond donors (Lipinski definition) is 0. The van der Waals surface area contributed by atoms with Gasteiger partial charge in [0.05, 0.1) is 0 Å². The minimum Gasteiger partial charge on any atom is -0.125 e. The highest BCUT2D eigenvalue weighted by molar-refractivity contribution is 5.87. The molecule has 0 heterocycles. The highest BCUT2D eigenvalue weighted by atomic mass is 14.2. The SMILES string of the molecule is C=C/C=C(\C=C/CCC)C(=C)/C(=C/C=C=CC)C/C(=C1/C=CC=CC1)c1ccc2ccccc2c1. The molecular formula is C35H36. The fourth-order valence-electron chi connectivity index (χ4n) is 4.16. The molecule has 0 spiro atoms. The molecule has 0 fully saturated rings. The van der Waals surface area contributed by atoms with Crippen molar-refractivity contribution in [3.05, 3.63) is 156 Å². The van der Waals surface area contributed by atoms with Gasteiger partial charge in [0, 0.05) is 0 Å². The molecule has 0 aliphatic heterocycles. The van der Waals surface area contributed by atoms with Crippen LogP contribution in [0, 0.1) is 0 Å². The minimum absolute atomic E-state index is 0.780. The lowest BCUT2D eigenvalue weighted by atomic mass is 9.85. The van der Waals surface area contributed by atoms with E-state index in [1.165, 1.54) is 33.1 Å². The van der Waals surface area contributed by atoms with E-state index in [4.69, 9.17) is 0 Å². The highest BCUT2D eigenvalue weighted by Crippen LogP contribution is 2.35. The summed E-state index contributed by atoms with van der Waals surface area (Å²) in [4.78, 5) is 0. The highest BCUT2D eigenvalue weighted by Gasteiger charge is 2.14. The molecule has 0 amide bonds. The third-order valence-electron chi connectivity index (χ3n) is 6.07. The Balaban J connectivity index is 2.10. The fraction of sp³-hybridized carbons (Fsp3) is 0.171. The van der Waals surface area contributed by atoms with Gasteiger partial charge >= 0.3 is 0 Å². The quantitative estimate of drug-likeness (QED) is 0.246. The van der Waals surface area contributed by atoms with Gasteiger partial charge < -0.3 is 0 Å². The molecule has 0 aromatic heterocycles. The van der Waals surface area contributed by atoms with Crippen LogP contribution in [0.25, 0.3) is 16.3 Å². The average Bonchev–Trinajstić information content (AvgIpc) is 2.90. The Hall–Kier alpha value is -3.86. The molecule has 0 unspecified atom stereocenters. The Kier molecular flexibility index (Phi) is 10.1. The van der Waals surface area contributed by atoms with Crippen molar-refractivity contribution in [2.45, 2.75) is 39.5 Å². The molecule has 3 rings (SSSR count). The first-order valence-electron chi connectivity index (χ1n) is 12.5. The molecular weight excluding hydrogens is 420 g/mol. The molecule has 0 atom stereocenters. The third kappa shape index (κ3) is 7.31. The maximum Gasteiger partial charge on any atom is -0.00108 e. The van der Waals surface area contributed by atoms with E-state index in [1.54, 1.807) is 0 Å². The van der Waals surface area contributed by atoms with E-state index in [0.717, 1.165) is 36.8 Å². The lowest BCUT2D eigenvalue weighted by Crippen LogP contribution is -1.99. The smallest absolute Gasteiger partial charge is 0.00108 e. The van der Waals surface area contributed by atoms with Gasteiger partial charge in [-0.15, -0.1) is 5.73 Å². The summed E-state index contributed by atoms with van der Waals surface area (Å²) >= 11 is 0. The van der Waals surface area contributed by atoms with E-state index in [2.05, 4.69) is 111 Å². The van der Waals surface area contributed by atoms with Crippen LogP contribution >= 0.6 is 0 Å². The van der Waals surface area contributed by atoms with E-state index in [1.807, 2.05) is 31.2 Å². The Bertz CT molecular complexity index is 1300. The summed E-state index contributed by atoms with van der Waals surface area (Å²) in [5.41, 5.74) is 10.4. The predicted molar refractivity (Wildman–Crippen MR) is 156 cm³/mol. The van der Waals surface area contributed by atoms with E-state index in [-0.39, 0.29) is 0 Å². The van der Waals surface area contributed by atoms with Crippen molar-refractivity contribution < 1.29 is 0 Å². The van der Waals surface area contributed by atoms with Crippen molar-refractivity contribution >= 4 is 16.3 Å². The predicted octanol–water partition coefficient (Wildman–Crippen LogP) is 10.2. The first-order valence-corrected chi connectivity index (χ1v) is 12.5. The molecule has 0 saturated carbocycles. The second-order valence-corrected chi connectivity index (χ2v) is 8.58. The molecule has 2 aromatic carbocycles. The second-order valence-electron chi connectivity index (χ2n) is 8.58. The molecule has 1 aliphatic carbocycles. The zero-order valence-corrected chi connectivity index (χ0v) is 21.1. The zero-order chi connectivity index (χ0) is 24.9. The lowest BCUT2D eigenvalue weighted by Gasteiger charge is -2.19. The Labute approximate surface area is 211 Å². The summed E-state index contributed by atoms with van der Waals surface area (Å²) in [5.74, 6) is 0. The van der Waals surface area contributed by atoms with E-state index in [9.17, 15) is 0 Å². The Morgan fingerprint density at radius 3 is 2.60 bits per heavy atom. The van der Waals surface area contributed by atoms with Crippen molar-refractivity contribution in [2.24, 2.45) is 0 Å². The second kappa shape index (κ2) is 13.8. The summed E-state index contributed by atoms with van der Waals surface area (Å²) in [6.45, 7) is 12.6. The summed E-state index contributed by atoms with van der Waals surface area (Å²) in [6, 6.07) is 15.3. The van der Waals surface area contributed by atoms with Gasteiger partial charge in [0.25, 0.3) is 0 Å². The van der Waals surface area contributed by atoms with Crippen LogP contribution in [-0.4, -0.2) is 0 Å². The van der Waals surface area contributed by atoms with Crippen LogP contribution in [0.5, 0.6) is 0 Å². The lowest BCUT2D eigenvalue weighted by molar-refractivity contribution is 0.958. The molecule has 0 heteroatoms. The number of hydrogen-bond acceptors (Lipinski definition) is 0. The molecule has 1 aliphatic rings. The number of unbranched alkanes of at least 4 members (excludes halogenated alkanes) is 1. The van der Waals surface area contributed by atoms with Crippen molar-refractivity contribution in [1.82, 2.24) is 0 Å². The molecule has 0 nitrogen and oxygen atoms in total. The molecule has 35 heavy (non-hydrogen) atoms. The first-order chi connectivity index (χ1) is 17.2. The van der Waals surface area contributed by atoms with Crippen LogP contribution < -0.4 is 0 Å².